The highest BCUT2D eigenvalue weighted by Gasteiger charge is 2.59. The summed E-state index contributed by atoms with van der Waals surface area (Å²) in [6.07, 6.45) is 3.03. The number of piperazine rings is 1. The third-order valence-electron chi connectivity index (χ3n) is 8.58. The van der Waals surface area contributed by atoms with Gasteiger partial charge in [-0.2, -0.15) is 0 Å². The van der Waals surface area contributed by atoms with Crippen molar-refractivity contribution in [2.75, 3.05) is 26.2 Å². The average molecular weight is 668 g/mol. The van der Waals surface area contributed by atoms with Gasteiger partial charge in [0.25, 0.3) is 0 Å². The molecular weight excluding hydrogens is 634 g/mol. The summed E-state index contributed by atoms with van der Waals surface area (Å²) in [6.45, 7) is 3.68. The number of H-pyrrole nitrogens is 1. The third-order valence-corrected chi connectivity index (χ3v) is 10.5. The number of halogens is 3. The predicted molar refractivity (Wildman–Crippen MR) is 176 cm³/mol. The Hall–Kier alpha value is -3.53. The Labute approximate surface area is 275 Å². The fourth-order valence-corrected chi connectivity index (χ4v) is 8.21. The minimum absolute atomic E-state index is 0.00252. The number of benzene rings is 3. The molecule has 3 aromatic carbocycles. The van der Waals surface area contributed by atoms with Crippen LogP contribution in [0.25, 0.3) is 10.9 Å². The molecule has 0 radical (unpaired) electrons. The molecule has 3 heterocycles. The Morgan fingerprint density at radius 1 is 1.00 bits per heavy atom. The fraction of sp³-hybridized carbons (Fsp3) is 0.324. The maximum atomic E-state index is 15.0. The Morgan fingerprint density at radius 2 is 1.73 bits per heavy atom. The lowest BCUT2D eigenvalue weighted by atomic mass is 9.90. The van der Waals surface area contributed by atoms with Crippen LogP contribution in [0.4, 0.5) is 4.39 Å². The summed E-state index contributed by atoms with van der Waals surface area (Å²) >= 11 is 13.7. The van der Waals surface area contributed by atoms with E-state index >= 15 is 0 Å². The highest BCUT2D eigenvalue weighted by Crippen LogP contribution is 2.55. The summed E-state index contributed by atoms with van der Waals surface area (Å²) in [5, 5.41) is 1.40. The number of likely N-dealkylation sites (tertiary alicyclic amines) is 1. The van der Waals surface area contributed by atoms with Crippen LogP contribution in [0.2, 0.25) is 10.0 Å². The van der Waals surface area contributed by atoms with Gasteiger partial charge in [-0.05, 0) is 48.4 Å². The number of carbonyl (C=O) groups excluding carboxylic acids is 3. The van der Waals surface area contributed by atoms with Gasteiger partial charge in [0.15, 0.2) is 0 Å². The molecule has 11 heteroatoms. The number of amides is 3. The van der Waals surface area contributed by atoms with Crippen molar-refractivity contribution in [3.05, 3.63) is 99.9 Å². The molecule has 7 nitrogen and oxygen atoms in total. The van der Waals surface area contributed by atoms with Crippen molar-refractivity contribution in [1.82, 2.24) is 19.7 Å². The predicted octanol–water partition coefficient (Wildman–Crippen LogP) is 7.09. The maximum absolute atomic E-state index is 15.0. The van der Waals surface area contributed by atoms with Crippen molar-refractivity contribution in [2.45, 2.75) is 48.4 Å². The summed E-state index contributed by atoms with van der Waals surface area (Å²) in [4.78, 5) is 51.2. The number of aromatic amines is 1. The van der Waals surface area contributed by atoms with Crippen molar-refractivity contribution in [3.8, 4) is 0 Å². The van der Waals surface area contributed by atoms with E-state index in [1.54, 1.807) is 21.9 Å². The second-order valence-corrected chi connectivity index (χ2v) is 13.8. The van der Waals surface area contributed by atoms with Crippen LogP contribution >= 0.6 is 35.0 Å². The Kier molecular flexibility index (Phi) is 9.13. The van der Waals surface area contributed by atoms with E-state index in [1.807, 2.05) is 60.5 Å². The van der Waals surface area contributed by atoms with Crippen molar-refractivity contribution in [3.63, 3.8) is 0 Å². The van der Waals surface area contributed by atoms with E-state index < -0.39 is 16.6 Å². The van der Waals surface area contributed by atoms with Gasteiger partial charge in [0, 0.05) is 71.7 Å². The zero-order chi connectivity index (χ0) is 31.7. The van der Waals surface area contributed by atoms with Crippen molar-refractivity contribution in [2.24, 2.45) is 0 Å². The zero-order valence-electron chi connectivity index (χ0n) is 24.8. The molecule has 3 amide bonds. The fourth-order valence-electron chi connectivity index (χ4n) is 6.42. The van der Waals surface area contributed by atoms with Crippen molar-refractivity contribution >= 4 is 63.6 Å². The number of rotatable bonds is 8. The van der Waals surface area contributed by atoms with Crippen LogP contribution in [-0.2, 0) is 20.9 Å². The maximum Gasteiger partial charge on any atom is 0.242 e. The van der Waals surface area contributed by atoms with E-state index in [0.717, 1.165) is 27.8 Å². The first-order valence-electron chi connectivity index (χ1n) is 15.0. The van der Waals surface area contributed by atoms with Gasteiger partial charge >= 0.3 is 0 Å². The summed E-state index contributed by atoms with van der Waals surface area (Å²) in [7, 11) is 0. The SMILES string of the molecule is CCCC(=O)N1CCN(C(=O)[C@]2(Sc3ccccc3)CC(=O)N(Cc3ccc(Cl)c(F)c3)[C@H]2c2c[nH]c3cc(Cl)ccc23)CC1. The van der Waals surface area contributed by atoms with Crippen LogP contribution in [0.3, 0.4) is 0 Å². The topological polar surface area (TPSA) is 76.7 Å². The first kappa shape index (κ1) is 31.5. The first-order chi connectivity index (χ1) is 21.7. The van der Waals surface area contributed by atoms with E-state index in [4.69, 9.17) is 23.2 Å². The molecule has 2 fully saturated rings. The molecule has 2 aliphatic heterocycles. The third kappa shape index (κ3) is 6.18. The molecule has 2 saturated heterocycles. The molecule has 4 aromatic rings. The molecule has 2 aliphatic rings. The van der Waals surface area contributed by atoms with E-state index in [0.29, 0.717) is 43.2 Å². The van der Waals surface area contributed by atoms with Gasteiger partial charge < -0.3 is 19.7 Å². The lowest BCUT2D eigenvalue weighted by Crippen LogP contribution is -2.57. The van der Waals surface area contributed by atoms with Crippen LogP contribution in [0.15, 0.2) is 77.8 Å². The second-order valence-electron chi connectivity index (χ2n) is 11.5. The molecule has 6 rings (SSSR count). The number of nitrogens with zero attached hydrogens (tertiary/aromatic N) is 3. The van der Waals surface area contributed by atoms with Crippen LogP contribution in [0.1, 0.15) is 43.4 Å². The minimum atomic E-state index is -1.26. The van der Waals surface area contributed by atoms with Crippen molar-refractivity contribution < 1.29 is 18.8 Å². The molecular formula is C34H33Cl2FN4O3S. The molecule has 45 heavy (non-hydrogen) atoms. The number of carbonyl (C=O) groups is 3. The average Bonchev–Trinajstić information content (AvgIpc) is 3.56. The van der Waals surface area contributed by atoms with Gasteiger partial charge in [-0.25, -0.2) is 4.39 Å². The number of thioether (sulfide) groups is 1. The Bertz CT molecular complexity index is 1740. The van der Waals surface area contributed by atoms with Gasteiger partial charge in [-0.1, -0.05) is 60.5 Å². The number of aromatic nitrogens is 1. The van der Waals surface area contributed by atoms with Crippen LogP contribution in [0.5, 0.6) is 0 Å². The van der Waals surface area contributed by atoms with Crippen LogP contribution < -0.4 is 0 Å². The normalized spacial score (nSPS) is 20.3. The van der Waals surface area contributed by atoms with E-state index in [-0.39, 0.29) is 35.7 Å². The van der Waals surface area contributed by atoms with Gasteiger partial charge in [0.1, 0.15) is 10.6 Å². The summed E-state index contributed by atoms with van der Waals surface area (Å²) in [5.41, 5.74) is 2.12. The largest absolute Gasteiger partial charge is 0.361 e. The van der Waals surface area contributed by atoms with Crippen molar-refractivity contribution in [1.29, 1.82) is 0 Å². The molecule has 1 aromatic heterocycles. The summed E-state index contributed by atoms with van der Waals surface area (Å²) < 4.78 is 13.3. The van der Waals surface area contributed by atoms with E-state index in [2.05, 4.69) is 4.98 Å². The quantitative estimate of drug-likeness (QED) is 0.218. The molecule has 0 aliphatic carbocycles. The number of fused-ring (bicyclic) bond motifs is 1. The zero-order valence-corrected chi connectivity index (χ0v) is 27.1. The van der Waals surface area contributed by atoms with E-state index in [1.165, 1.54) is 23.9 Å². The highest BCUT2D eigenvalue weighted by molar-refractivity contribution is 8.01. The molecule has 1 N–H and O–H groups in total. The van der Waals surface area contributed by atoms with Crippen LogP contribution in [0, 0.1) is 5.82 Å². The standard InChI is InChI=1S/C34H33Cl2FN4O3S/c1-2-6-30(42)39-13-15-40(16-14-39)33(44)34(45-24-7-4-3-5-8-24)19-31(43)41(21-22-9-12-27(36)28(37)17-22)32(34)26-20-38-29-18-23(35)10-11-25(26)29/h3-5,7-12,17-18,20,32,38H,2,6,13-16,19,21H2,1H3/t32-,34-/m0/s1. The molecule has 0 unspecified atom stereocenters. The highest BCUT2D eigenvalue weighted by atomic mass is 35.5. The minimum Gasteiger partial charge on any atom is -0.361 e. The van der Waals surface area contributed by atoms with E-state index in [9.17, 15) is 18.8 Å². The van der Waals surface area contributed by atoms with Gasteiger partial charge in [0.2, 0.25) is 17.7 Å². The molecule has 0 saturated carbocycles. The van der Waals surface area contributed by atoms with Gasteiger partial charge in [-0.3, -0.25) is 14.4 Å². The van der Waals surface area contributed by atoms with Crippen LogP contribution in [-0.4, -0.2) is 68.3 Å². The monoisotopic (exact) mass is 666 g/mol. The number of hydrogen-bond donors (Lipinski definition) is 1. The summed E-state index contributed by atoms with van der Waals surface area (Å²) in [6, 6.07) is 18.9. The lowest BCUT2D eigenvalue weighted by Gasteiger charge is -2.42. The van der Waals surface area contributed by atoms with Gasteiger partial charge in [0.05, 0.1) is 17.5 Å². The smallest absolute Gasteiger partial charge is 0.242 e. The first-order valence-corrected chi connectivity index (χ1v) is 16.6. The molecule has 0 bridgehead atoms. The lowest BCUT2D eigenvalue weighted by molar-refractivity contribution is -0.141. The Balaban J connectivity index is 1.46. The Morgan fingerprint density at radius 3 is 2.44 bits per heavy atom. The van der Waals surface area contributed by atoms with Gasteiger partial charge in [-0.15, -0.1) is 11.8 Å². The molecule has 0 spiro atoms. The molecule has 2 atom stereocenters. The molecule has 234 valence electrons. The number of nitrogens with one attached hydrogen (secondary N) is 1. The second kappa shape index (κ2) is 13.1. The number of hydrogen-bond acceptors (Lipinski definition) is 4. The summed E-state index contributed by atoms with van der Waals surface area (Å²) in [5.74, 6) is -0.862.